The molecule has 0 radical (unpaired) electrons. The second kappa shape index (κ2) is 12.9. The number of hydrogen-bond donors (Lipinski definition) is 0. The van der Waals surface area contributed by atoms with Crippen molar-refractivity contribution in [3.05, 3.63) is 161 Å². The number of benzene rings is 7. The van der Waals surface area contributed by atoms with Crippen LogP contribution in [0.4, 0.5) is 28.4 Å². The molecule has 0 atom stereocenters. The quantitative estimate of drug-likeness (QED) is 0.161. The maximum absolute atomic E-state index is 7.78. The third-order valence-corrected chi connectivity index (χ3v) is 20.5. The van der Waals surface area contributed by atoms with Gasteiger partial charge in [-0.15, -0.1) is 0 Å². The molecular weight excluding hydrogens is 816 g/mol. The Kier molecular flexibility index (Phi) is 7.86. The minimum atomic E-state index is -2.16. The molecule has 0 saturated heterocycles. The van der Waals surface area contributed by atoms with Gasteiger partial charge in [-0.25, -0.2) is 0 Å². The SMILES string of the molecule is CC(C)(C)c1ccc(N2c3cc4c(c5c3B(c3oc6cc7c(cc6c32)C(C)(C)CCC7(C)C)N2c3ccccc3[Si](C)(C)c3cccc-5c32)C(C)(C)c2ccccc2-4)c(-c2ccccc2)c1. The first kappa shape index (κ1) is 40.3. The fraction of sp³-hybridized carbons (Fsp3) is 0.279. The predicted molar refractivity (Wildman–Crippen MR) is 284 cm³/mol. The highest BCUT2D eigenvalue weighted by Crippen LogP contribution is 2.59. The molecule has 7 aromatic carbocycles. The van der Waals surface area contributed by atoms with Crippen molar-refractivity contribution in [2.45, 2.75) is 110 Å². The van der Waals surface area contributed by atoms with E-state index in [4.69, 9.17) is 4.42 Å². The molecule has 326 valence electrons. The molecule has 0 amide bonds. The second-order valence-electron chi connectivity index (χ2n) is 23.6. The summed E-state index contributed by atoms with van der Waals surface area (Å²) >= 11 is 0. The monoisotopic (exact) mass is 874 g/mol. The van der Waals surface area contributed by atoms with E-state index in [0.29, 0.717) is 0 Å². The number of fused-ring (bicyclic) bond motifs is 13. The summed E-state index contributed by atoms with van der Waals surface area (Å²) in [5, 5.41) is 4.18. The van der Waals surface area contributed by atoms with Crippen molar-refractivity contribution in [1.29, 1.82) is 0 Å². The first-order valence-electron chi connectivity index (χ1n) is 24.3. The van der Waals surface area contributed by atoms with Gasteiger partial charge in [0, 0.05) is 39.0 Å². The number of rotatable bonds is 2. The fourth-order valence-electron chi connectivity index (χ4n) is 13.3. The highest BCUT2D eigenvalue weighted by Gasteiger charge is 2.55. The van der Waals surface area contributed by atoms with E-state index in [-0.39, 0.29) is 28.5 Å². The van der Waals surface area contributed by atoms with Crippen LogP contribution in [0.25, 0.3) is 44.3 Å². The van der Waals surface area contributed by atoms with E-state index in [2.05, 4.69) is 219 Å². The summed E-state index contributed by atoms with van der Waals surface area (Å²) in [6.45, 7) is 26.6. The smallest absolute Gasteiger partial charge is 0.375 e. The van der Waals surface area contributed by atoms with Crippen LogP contribution >= 0.6 is 0 Å². The van der Waals surface area contributed by atoms with Crippen molar-refractivity contribution in [3.63, 3.8) is 0 Å². The van der Waals surface area contributed by atoms with Crippen LogP contribution in [0.15, 0.2) is 138 Å². The lowest BCUT2D eigenvalue weighted by atomic mass is 9.45. The topological polar surface area (TPSA) is 19.6 Å². The average molecular weight is 875 g/mol. The minimum absolute atomic E-state index is 0.0220. The van der Waals surface area contributed by atoms with Crippen molar-refractivity contribution >= 4 is 75.8 Å². The van der Waals surface area contributed by atoms with Gasteiger partial charge in [0.05, 0.1) is 11.4 Å². The molecular formula is C61H59BN2OSi. The summed E-state index contributed by atoms with van der Waals surface area (Å²) in [5.74, 6) is 0. The number of hydrogen-bond acceptors (Lipinski definition) is 3. The number of anilines is 5. The average Bonchev–Trinajstić information content (AvgIpc) is 3.78. The molecule has 5 aliphatic rings. The molecule has 13 rings (SSSR count). The minimum Gasteiger partial charge on any atom is -0.466 e. The zero-order valence-electron chi connectivity index (χ0n) is 40.5. The van der Waals surface area contributed by atoms with E-state index in [9.17, 15) is 0 Å². The Hall–Kier alpha value is -6.04. The van der Waals surface area contributed by atoms with E-state index < -0.39 is 8.07 Å². The molecule has 0 N–H and O–H groups in total. The van der Waals surface area contributed by atoms with Gasteiger partial charge >= 0.3 is 6.85 Å². The standard InChI is InChI=1S/C61H59BN2OSi/c1-58(2,3)37-28-29-46(40(32-37)36-20-13-12-14-21-36)63-48-34-41-38-22-15-16-24-43(38)61(8,9)53(41)52-39-23-19-27-51-55(39)64(47-25-17-18-26-50(47)66(51,10)11)62(54(48)52)57-56(63)42-33-44-45(35-49(42)65-57)60(6,7)31-30-59(44,4)5/h12-29,32-35H,30-31H2,1-11H3. The number of para-hydroxylation sites is 2. The Morgan fingerprint density at radius 1 is 0.576 bits per heavy atom. The van der Waals surface area contributed by atoms with Crippen molar-refractivity contribution in [1.82, 2.24) is 0 Å². The zero-order chi connectivity index (χ0) is 45.6. The molecule has 0 bridgehead atoms. The van der Waals surface area contributed by atoms with Crippen LogP contribution < -0.4 is 31.2 Å². The number of nitrogens with zero attached hydrogens (tertiary/aromatic N) is 2. The first-order valence-corrected chi connectivity index (χ1v) is 27.3. The predicted octanol–water partition coefficient (Wildman–Crippen LogP) is 13.9. The Morgan fingerprint density at radius 3 is 2.00 bits per heavy atom. The van der Waals surface area contributed by atoms with Crippen molar-refractivity contribution < 1.29 is 4.42 Å². The molecule has 4 heterocycles. The fourth-order valence-corrected chi connectivity index (χ4v) is 16.3. The Balaban J connectivity index is 1.25. The van der Waals surface area contributed by atoms with Crippen LogP contribution in [-0.4, -0.2) is 14.9 Å². The lowest BCUT2D eigenvalue weighted by Gasteiger charge is -2.50. The molecule has 3 nitrogen and oxygen atoms in total. The Labute approximate surface area is 392 Å². The van der Waals surface area contributed by atoms with Crippen LogP contribution in [0.3, 0.4) is 0 Å². The second-order valence-corrected chi connectivity index (χ2v) is 27.9. The zero-order valence-corrected chi connectivity index (χ0v) is 41.5. The summed E-state index contributed by atoms with van der Waals surface area (Å²) in [6, 6.07) is 51.8. The maximum atomic E-state index is 7.78. The molecule has 3 aliphatic heterocycles. The van der Waals surface area contributed by atoms with Gasteiger partial charge in [0.1, 0.15) is 19.3 Å². The van der Waals surface area contributed by atoms with Gasteiger partial charge in [0.15, 0.2) is 0 Å². The van der Waals surface area contributed by atoms with Crippen molar-refractivity contribution in [3.8, 4) is 33.4 Å². The van der Waals surface area contributed by atoms with Crippen molar-refractivity contribution in [2.75, 3.05) is 9.71 Å². The van der Waals surface area contributed by atoms with Crippen LogP contribution in [0.1, 0.15) is 103 Å². The summed E-state index contributed by atoms with van der Waals surface area (Å²) in [7, 11) is -2.16. The van der Waals surface area contributed by atoms with Crippen molar-refractivity contribution in [2.24, 2.45) is 0 Å². The molecule has 8 aromatic rings. The number of furan rings is 1. The third kappa shape index (κ3) is 5.10. The van der Waals surface area contributed by atoms with Gasteiger partial charge in [-0.05, 0) is 131 Å². The molecule has 1 aromatic heterocycles. The van der Waals surface area contributed by atoms with Gasteiger partial charge in [0.2, 0.25) is 0 Å². The molecule has 0 fully saturated rings. The Bertz CT molecular complexity index is 3440. The van der Waals surface area contributed by atoms with Crippen LogP contribution in [0, 0.1) is 0 Å². The molecule has 0 spiro atoms. The van der Waals surface area contributed by atoms with Crippen LogP contribution in [0.5, 0.6) is 0 Å². The maximum Gasteiger partial charge on any atom is 0.375 e. The van der Waals surface area contributed by atoms with E-state index in [1.807, 2.05) is 0 Å². The van der Waals surface area contributed by atoms with Crippen LogP contribution in [-0.2, 0) is 21.7 Å². The molecule has 66 heavy (non-hydrogen) atoms. The highest BCUT2D eigenvalue weighted by molar-refractivity contribution is 7.05. The normalized spacial score (nSPS) is 18.2. The van der Waals surface area contributed by atoms with Gasteiger partial charge in [-0.3, -0.25) is 0 Å². The lowest BCUT2D eigenvalue weighted by Crippen LogP contribution is -2.68. The van der Waals surface area contributed by atoms with E-state index in [1.54, 1.807) is 0 Å². The summed E-state index contributed by atoms with van der Waals surface area (Å²) in [5.41, 5.74) is 24.3. The van der Waals surface area contributed by atoms with E-state index >= 15 is 0 Å². The molecule has 2 aliphatic carbocycles. The van der Waals surface area contributed by atoms with Gasteiger partial charge < -0.3 is 14.1 Å². The lowest BCUT2D eigenvalue weighted by molar-refractivity contribution is 0.332. The molecule has 5 heteroatoms. The molecule has 0 unspecified atom stereocenters. The molecule has 0 saturated carbocycles. The van der Waals surface area contributed by atoms with E-state index in [1.165, 1.54) is 111 Å². The Morgan fingerprint density at radius 2 is 1.24 bits per heavy atom. The summed E-state index contributed by atoms with van der Waals surface area (Å²) < 4.78 is 7.78. The van der Waals surface area contributed by atoms with Gasteiger partial charge in [-0.2, -0.15) is 0 Å². The first-order chi connectivity index (χ1) is 31.4. The van der Waals surface area contributed by atoms with Gasteiger partial charge in [0.25, 0.3) is 0 Å². The third-order valence-electron chi connectivity index (χ3n) is 17.0. The largest absolute Gasteiger partial charge is 0.466 e. The summed E-state index contributed by atoms with van der Waals surface area (Å²) in [4.78, 5) is 5.40. The van der Waals surface area contributed by atoms with E-state index in [0.717, 1.165) is 24.1 Å². The summed E-state index contributed by atoms with van der Waals surface area (Å²) in [6.07, 6.45) is 2.30. The van der Waals surface area contributed by atoms with Crippen LogP contribution in [0.2, 0.25) is 13.1 Å². The van der Waals surface area contributed by atoms with Gasteiger partial charge in [-0.1, -0.05) is 172 Å². The highest BCUT2D eigenvalue weighted by atomic mass is 28.3.